The summed E-state index contributed by atoms with van der Waals surface area (Å²) in [4.78, 5) is 8.89. The fourth-order valence-corrected chi connectivity index (χ4v) is 3.47. The van der Waals surface area contributed by atoms with Crippen LogP contribution < -0.4 is 15.4 Å². The van der Waals surface area contributed by atoms with Crippen molar-refractivity contribution in [1.82, 2.24) is 15.6 Å². The molecule has 9 heteroatoms. The number of nitrogens with zero attached hydrogens (tertiary/aromatic N) is 2. The average molecular weight is 518 g/mol. The van der Waals surface area contributed by atoms with Gasteiger partial charge in [-0.1, -0.05) is 12.1 Å². The molecule has 0 unspecified atom stereocenters. The van der Waals surface area contributed by atoms with Crippen LogP contribution in [0.1, 0.15) is 18.1 Å². The lowest BCUT2D eigenvalue weighted by molar-refractivity contribution is 0.320. The number of ether oxygens (including phenoxy) is 1. The van der Waals surface area contributed by atoms with Crippen molar-refractivity contribution in [2.24, 2.45) is 4.99 Å². The van der Waals surface area contributed by atoms with Crippen LogP contribution in [0.5, 0.6) is 5.75 Å². The molecule has 2 N–H and O–H groups in total. The molecule has 0 aliphatic carbocycles. The Morgan fingerprint density at radius 3 is 2.64 bits per heavy atom. The number of halogens is 1. The molecule has 0 spiro atoms. The fourth-order valence-electron chi connectivity index (χ4n) is 2.51. The smallest absolute Gasteiger partial charge is 0.191 e. The first-order valence-corrected chi connectivity index (χ1v) is 10.6. The minimum Gasteiger partial charge on any atom is -0.490 e. The Bertz CT molecular complexity index is 874. The number of aryl methyl sites for hydroxylation is 1. The summed E-state index contributed by atoms with van der Waals surface area (Å²) in [6.07, 6.45) is 4.58. The van der Waals surface area contributed by atoms with E-state index in [2.05, 4.69) is 20.6 Å². The molecule has 0 radical (unpaired) electrons. The molecule has 0 saturated carbocycles. The first-order valence-electron chi connectivity index (χ1n) is 8.74. The van der Waals surface area contributed by atoms with E-state index in [9.17, 15) is 8.42 Å². The van der Waals surface area contributed by atoms with Gasteiger partial charge in [0.2, 0.25) is 0 Å². The maximum Gasteiger partial charge on any atom is 0.191 e. The predicted molar refractivity (Wildman–Crippen MR) is 122 cm³/mol. The highest BCUT2D eigenvalue weighted by Crippen LogP contribution is 2.17. The second kappa shape index (κ2) is 11.8. The molecule has 28 heavy (non-hydrogen) atoms. The summed E-state index contributed by atoms with van der Waals surface area (Å²) in [5.41, 5.74) is 1.68. The zero-order valence-electron chi connectivity index (χ0n) is 16.3. The minimum absolute atomic E-state index is 0. The highest BCUT2D eigenvalue weighted by Gasteiger charge is 2.10. The topological polar surface area (TPSA) is 92.7 Å². The standard InChI is InChI=1S/C19H26N4O3S.HI/c1-4-21-19(22-10-11-26-17-6-5-9-20-14-17)23-13-16-7-8-18(15(2)12-16)27(3,24)25;/h5-9,12,14H,4,10-11,13H2,1-3H3,(H2,21,22,23);1H. The summed E-state index contributed by atoms with van der Waals surface area (Å²) in [5.74, 6) is 1.40. The van der Waals surface area contributed by atoms with Crippen LogP contribution in [0, 0.1) is 6.92 Å². The van der Waals surface area contributed by atoms with Crippen molar-refractivity contribution in [3.63, 3.8) is 0 Å². The molecule has 1 aromatic heterocycles. The van der Waals surface area contributed by atoms with E-state index in [4.69, 9.17) is 4.74 Å². The zero-order valence-corrected chi connectivity index (χ0v) is 19.5. The van der Waals surface area contributed by atoms with Gasteiger partial charge in [-0.2, -0.15) is 0 Å². The van der Waals surface area contributed by atoms with Crippen molar-refractivity contribution in [3.8, 4) is 5.75 Å². The van der Waals surface area contributed by atoms with Gasteiger partial charge in [0.15, 0.2) is 15.8 Å². The van der Waals surface area contributed by atoms with Crippen LogP contribution in [-0.4, -0.2) is 45.3 Å². The van der Waals surface area contributed by atoms with Crippen molar-refractivity contribution in [2.75, 3.05) is 26.0 Å². The van der Waals surface area contributed by atoms with Crippen molar-refractivity contribution in [3.05, 3.63) is 53.9 Å². The Hall–Kier alpha value is -1.88. The monoisotopic (exact) mass is 518 g/mol. The quantitative estimate of drug-likeness (QED) is 0.242. The van der Waals surface area contributed by atoms with Crippen LogP contribution in [0.3, 0.4) is 0 Å². The Morgan fingerprint density at radius 1 is 1.25 bits per heavy atom. The summed E-state index contributed by atoms with van der Waals surface area (Å²) in [5, 5.41) is 6.39. The van der Waals surface area contributed by atoms with Crippen LogP contribution >= 0.6 is 24.0 Å². The summed E-state index contributed by atoms with van der Waals surface area (Å²) in [6, 6.07) is 8.97. The van der Waals surface area contributed by atoms with E-state index in [1.807, 2.05) is 25.1 Å². The number of aliphatic imine (C=N–C) groups is 1. The lowest BCUT2D eigenvalue weighted by Gasteiger charge is -2.12. The number of hydrogen-bond acceptors (Lipinski definition) is 5. The van der Waals surface area contributed by atoms with Gasteiger partial charge in [0.1, 0.15) is 12.4 Å². The molecule has 0 aliphatic heterocycles. The van der Waals surface area contributed by atoms with E-state index >= 15 is 0 Å². The number of guanidine groups is 1. The third-order valence-corrected chi connectivity index (χ3v) is 4.96. The van der Waals surface area contributed by atoms with E-state index in [1.165, 1.54) is 6.26 Å². The maximum atomic E-state index is 11.7. The Kier molecular flexibility index (Phi) is 10.2. The number of sulfone groups is 1. The maximum absolute atomic E-state index is 11.7. The fraction of sp³-hybridized carbons (Fsp3) is 0.368. The molecule has 0 fully saturated rings. The molecule has 7 nitrogen and oxygen atoms in total. The van der Waals surface area contributed by atoms with Crippen molar-refractivity contribution in [1.29, 1.82) is 0 Å². The van der Waals surface area contributed by atoms with Gasteiger partial charge in [0.25, 0.3) is 0 Å². The predicted octanol–water partition coefficient (Wildman–Crippen LogP) is 2.55. The molecule has 0 aliphatic rings. The third-order valence-electron chi connectivity index (χ3n) is 3.70. The van der Waals surface area contributed by atoms with Crippen LogP contribution in [0.15, 0.2) is 52.6 Å². The average Bonchev–Trinajstić information content (AvgIpc) is 2.63. The Labute approximate surface area is 184 Å². The molecule has 2 aromatic rings. The first-order chi connectivity index (χ1) is 12.9. The van der Waals surface area contributed by atoms with Gasteiger partial charge in [-0.15, -0.1) is 24.0 Å². The number of nitrogens with one attached hydrogen (secondary N) is 2. The second-order valence-electron chi connectivity index (χ2n) is 6.03. The van der Waals surface area contributed by atoms with Crippen LogP contribution in [0.25, 0.3) is 0 Å². The van der Waals surface area contributed by atoms with Gasteiger partial charge < -0.3 is 15.4 Å². The van der Waals surface area contributed by atoms with E-state index in [0.717, 1.165) is 23.4 Å². The van der Waals surface area contributed by atoms with Crippen molar-refractivity contribution < 1.29 is 13.2 Å². The summed E-state index contributed by atoms with van der Waals surface area (Å²) in [7, 11) is -3.21. The van der Waals surface area contributed by atoms with Crippen LogP contribution in [-0.2, 0) is 16.4 Å². The number of rotatable bonds is 8. The second-order valence-corrected chi connectivity index (χ2v) is 8.02. The molecular weight excluding hydrogens is 491 g/mol. The molecule has 154 valence electrons. The van der Waals surface area contributed by atoms with E-state index in [0.29, 0.717) is 30.6 Å². The number of aromatic nitrogens is 1. The molecule has 0 saturated heterocycles. The van der Waals surface area contributed by atoms with E-state index in [1.54, 1.807) is 31.5 Å². The van der Waals surface area contributed by atoms with Gasteiger partial charge in [-0.3, -0.25) is 4.98 Å². The highest BCUT2D eigenvalue weighted by molar-refractivity contribution is 14.0. The summed E-state index contributed by atoms with van der Waals surface area (Å²) < 4.78 is 29.0. The van der Waals surface area contributed by atoms with Gasteiger partial charge in [0.05, 0.1) is 24.2 Å². The van der Waals surface area contributed by atoms with Crippen molar-refractivity contribution in [2.45, 2.75) is 25.3 Å². The van der Waals surface area contributed by atoms with Gasteiger partial charge in [-0.25, -0.2) is 13.4 Å². The molecule has 2 rings (SSSR count). The Balaban J connectivity index is 0.00000392. The number of pyridine rings is 1. The summed E-state index contributed by atoms with van der Waals surface area (Å²) in [6.45, 7) is 6.05. The SMILES string of the molecule is CCNC(=NCc1ccc(S(C)(=O)=O)c(C)c1)NCCOc1cccnc1.I. The minimum atomic E-state index is -3.21. The lowest BCUT2D eigenvalue weighted by atomic mass is 10.1. The number of benzene rings is 1. The normalized spacial score (nSPS) is 11.5. The van der Waals surface area contributed by atoms with Gasteiger partial charge >= 0.3 is 0 Å². The van der Waals surface area contributed by atoms with Gasteiger partial charge in [-0.05, 0) is 43.2 Å². The van der Waals surface area contributed by atoms with E-state index < -0.39 is 9.84 Å². The van der Waals surface area contributed by atoms with Gasteiger partial charge in [0, 0.05) is 19.0 Å². The number of hydrogen-bond donors (Lipinski definition) is 2. The first kappa shape index (κ1) is 24.2. The molecule has 0 bridgehead atoms. The third kappa shape index (κ3) is 8.01. The van der Waals surface area contributed by atoms with Crippen LogP contribution in [0.2, 0.25) is 0 Å². The molecule has 1 heterocycles. The Morgan fingerprint density at radius 2 is 2.04 bits per heavy atom. The summed E-state index contributed by atoms with van der Waals surface area (Å²) >= 11 is 0. The molecule has 1 aromatic carbocycles. The van der Waals surface area contributed by atoms with E-state index in [-0.39, 0.29) is 24.0 Å². The van der Waals surface area contributed by atoms with Crippen LogP contribution in [0.4, 0.5) is 0 Å². The molecule has 0 atom stereocenters. The molecule has 0 amide bonds. The van der Waals surface area contributed by atoms with Crippen molar-refractivity contribution >= 4 is 39.8 Å². The largest absolute Gasteiger partial charge is 0.490 e. The highest BCUT2D eigenvalue weighted by atomic mass is 127. The lowest BCUT2D eigenvalue weighted by Crippen LogP contribution is -2.39. The zero-order chi connectivity index (χ0) is 19.7. The molecular formula is C19H27IN4O3S.